The third-order valence-corrected chi connectivity index (χ3v) is 7.57. The van der Waals surface area contributed by atoms with E-state index in [1.165, 1.54) is 5.56 Å². The molecule has 0 unspecified atom stereocenters. The Bertz CT molecular complexity index is 1410. The van der Waals surface area contributed by atoms with E-state index in [9.17, 15) is 4.79 Å². The Morgan fingerprint density at radius 3 is 2.66 bits per heavy atom. The molecule has 0 aliphatic carbocycles. The maximum absolute atomic E-state index is 12.9. The van der Waals surface area contributed by atoms with Crippen LogP contribution in [0.15, 0.2) is 99.5 Å². The zero-order valence-corrected chi connectivity index (χ0v) is 22.7. The van der Waals surface area contributed by atoms with Gasteiger partial charge in [0.1, 0.15) is 17.6 Å². The van der Waals surface area contributed by atoms with Crippen LogP contribution in [0.5, 0.6) is 5.75 Å². The number of anilines is 1. The summed E-state index contributed by atoms with van der Waals surface area (Å²) in [6.07, 6.45) is 2.00. The average Bonchev–Trinajstić information content (AvgIpc) is 3.53. The van der Waals surface area contributed by atoms with E-state index in [-0.39, 0.29) is 24.4 Å². The minimum atomic E-state index is -0.260. The summed E-state index contributed by atoms with van der Waals surface area (Å²) >= 11 is 7.30. The number of rotatable bonds is 9. The van der Waals surface area contributed by atoms with Crippen molar-refractivity contribution in [3.8, 4) is 5.75 Å². The Hall–Kier alpha value is -3.82. The number of hydrogen-bond donors (Lipinski definition) is 2. The van der Waals surface area contributed by atoms with E-state index in [4.69, 9.17) is 21.4 Å². The van der Waals surface area contributed by atoms with Crippen molar-refractivity contribution in [1.29, 1.82) is 0 Å². The van der Waals surface area contributed by atoms with Crippen LogP contribution in [-0.4, -0.2) is 34.6 Å². The quantitative estimate of drug-likeness (QED) is 0.243. The second kappa shape index (κ2) is 11.7. The van der Waals surface area contributed by atoms with E-state index < -0.39 is 0 Å². The molecule has 1 aliphatic heterocycles. The molecule has 5 rings (SSSR count). The SMILES string of the molecule is COc1ccccc1NC(=O)CCN1C(=S)N[C@H](c2ccccn2)[C@H]1c1ccc(Sc2ccc(C)cc2)o1. The van der Waals surface area contributed by atoms with Crippen LogP contribution >= 0.6 is 24.0 Å². The number of thiocarbonyl (C=S) groups is 1. The van der Waals surface area contributed by atoms with Crippen LogP contribution in [0, 0.1) is 6.92 Å². The summed E-state index contributed by atoms with van der Waals surface area (Å²) in [4.78, 5) is 20.6. The molecule has 2 N–H and O–H groups in total. The number of amides is 1. The summed E-state index contributed by atoms with van der Waals surface area (Å²) < 4.78 is 11.7. The van der Waals surface area contributed by atoms with Crippen molar-refractivity contribution in [1.82, 2.24) is 15.2 Å². The summed E-state index contributed by atoms with van der Waals surface area (Å²) in [6.45, 7) is 2.47. The normalized spacial score (nSPS) is 16.8. The first-order valence-corrected chi connectivity index (χ1v) is 13.5. The molecule has 1 fully saturated rings. The van der Waals surface area contributed by atoms with Gasteiger partial charge in [-0.05, 0) is 67.7 Å². The van der Waals surface area contributed by atoms with Gasteiger partial charge in [0, 0.05) is 24.1 Å². The molecule has 0 saturated carbocycles. The van der Waals surface area contributed by atoms with Gasteiger partial charge < -0.3 is 24.7 Å². The topological polar surface area (TPSA) is 79.6 Å². The first-order valence-electron chi connectivity index (χ1n) is 12.3. The van der Waals surface area contributed by atoms with E-state index >= 15 is 0 Å². The van der Waals surface area contributed by atoms with Crippen LogP contribution in [0.4, 0.5) is 5.69 Å². The number of aryl methyl sites for hydroxylation is 1. The van der Waals surface area contributed by atoms with Crippen molar-refractivity contribution in [2.24, 2.45) is 0 Å². The largest absolute Gasteiger partial charge is 0.495 e. The van der Waals surface area contributed by atoms with Gasteiger partial charge in [-0.25, -0.2) is 0 Å². The van der Waals surface area contributed by atoms with Crippen LogP contribution in [0.1, 0.15) is 35.5 Å². The van der Waals surface area contributed by atoms with Gasteiger partial charge in [-0.3, -0.25) is 9.78 Å². The minimum absolute atomic E-state index is 0.132. The summed E-state index contributed by atoms with van der Waals surface area (Å²) in [5.41, 5.74) is 2.70. The second-order valence-electron chi connectivity index (χ2n) is 8.89. The molecular formula is C29H28N4O3S2. The predicted molar refractivity (Wildman–Crippen MR) is 152 cm³/mol. The smallest absolute Gasteiger partial charge is 0.226 e. The van der Waals surface area contributed by atoms with Gasteiger partial charge >= 0.3 is 0 Å². The Labute approximate surface area is 231 Å². The van der Waals surface area contributed by atoms with Crippen molar-refractivity contribution >= 4 is 40.7 Å². The zero-order valence-electron chi connectivity index (χ0n) is 21.1. The van der Waals surface area contributed by atoms with Crippen LogP contribution in [0.25, 0.3) is 0 Å². The number of carbonyl (C=O) groups is 1. The van der Waals surface area contributed by atoms with Crippen molar-refractivity contribution in [2.45, 2.75) is 35.4 Å². The fraction of sp³-hybridized carbons (Fsp3) is 0.207. The van der Waals surface area contributed by atoms with E-state index in [0.717, 1.165) is 21.4 Å². The van der Waals surface area contributed by atoms with Gasteiger partial charge in [0.05, 0.1) is 24.5 Å². The van der Waals surface area contributed by atoms with E-state index in [0.29, 0.717) is 23.1 Å². The lowest BCUT2D eigenvalue weighted by atomic mass is 10.0. The number of ether oxygens (including phenoxy) is 1. The molecule has 194 valence electrons. The molecule has 4 aromatic rings. The van der Waals surface area contributed by atoms with Gasteiger partial charge in [0.2, 0.25) is 5.91 Å². The van der Waals surface area contributed by atoms with Gasteiger partial charge in [-0.2, -0.15) is 0 Å². The Balaban J connectivity index is 1.36. The summed E-state index contributed by atoms with van der Waals surface area (Å²) in [7, 11) is 1.58. The predicted octanol–water partition coefficient (Wildman–Crippen LogP) is 6.14. The lowest BCUT2D eigenvalue weighted by molar-refractivity contribution is -0.116. The Morgan fingerprint density at radius 2 is 1.89 bits per heavy atom. The highest BCUT2D eigenvalue weighted by Crippen LogP contribution is 2.41. The molecule has 38 heavy (non-hydrogen) atoms. The Morgan fingerprint density at radius 1 is 1.11 bits per heavy atom. The molecule has 3 heterocycles. The monoisotopic (exact) mass is 544 g/mol. The molecule has 0 radical (unpaired) electrons. The van der Waals surface area contributed by atoms with Gasteiger partial charge in [0.15, 0.2) is 10.2 Å². The second-order valence-corrected chi connectivity index (χ2v) is 10.4. The number of aromatic nitrogens is 1. The number of furan rings is 1. The molecule has 1 saturated heterocycles. The number of benzene rings is 2. The fourth-order valence-electron chi connectivity index (χ4n) is 4.41. The number of carbonyl (C=O) groups excluding carboxylic acids is 1. The molecular weight excluding hydrogens is 516 g/mol. The third-order valence-electron chi connectivity index (χ3n) is 6.29. The minimum Gasteiger partial charge on any atom is -0.495 e. The standard InChI is InChI=1S/C29H28N4O3S2/c1-19-10-12-20(13-11-19)38-26-15-14-24(36-26)28-27(22-8-5-6-17-30-22)32-29(37)33(28)18-16-25(34)31-21-7-3-4-9-23(21)35-2/h3-15,17,27-28H,16,18H2,1-2H3,(H,31,34)(H,32,37)/t27-,28-/m1/s1. The maximum atomic E-state index is 12.9. The summed E-state index contributed by atoms with van der Waals surface area (Å²) in [6, 6.07) is 25.0. The van der Waals surface area contributed by atoms with E-state index in [2.05, 4.69) is 46.8 Å². The van der Waals surface area contributed by atoms with Crippen molar-refractivity contribution < 1.29 is 13.9 Å². The molecule has 2 atom stereocenters. The van der Waals surface area contributed by atoms with E-state index in [1.54, 1.807) is 25.1 Å². The van der Waals surface area contributed by atoms with Gasteiger partial charge in [-0.15, -0.1) is 0 Å². The lowest BCUT2D eigenvalue weighted by Crippen LogP contribution is -2.32. The first-order chi connectivity index (χ1) is 18.5. The van der Waals surface area contributed by atoms with Crippen LogP contribution in [0.2, 0.25) is 0 Å². The highest BCUT2D eigenvalue weighted by molar-refractivity contribution is 7.99. The number of methoxy groups -OCH3 is 1. The number of nitrogens with one attached hydrogen (secondary N) is 2. The van der Waals surface area contributed by atoms with Crippen LogP contribution < -0.4 is 15.4 Å². The van der Waals surface area contributed by atoms with E-state index in [1.807, 2.05) is 59.5 Å². The first kappa shape index (κ1) is 25.8. The molecule has 2 aromatic carbocycles. The number of hydrogen-bond acceptors (Lipinski definition) is 6. The highest BCUT2D eigenvalue weighted by Gasteiger charge is 2.41. The lowest BCUT2D eigenvalue weighted by Gasteiger charge is -2.25. The highest BCUT2D eigenvalue weighted by atomic mass is 32.2. The Kier molecular flexibility index (Phi) is 7.95. The molecule has 2 aromatic heterocycles. The molecule has 1 amide bonds. The summed E-state index contributed by atoms with van der Waals surface area (Å²) in [5, 5.41) is 7.68. The number of nitrogens with zero attached hydrogens (tertiary/aromatic N) is 2. The average molecular weight is 545 g/mol. The van der Waals surface area contributed by atoms with Crippen molar-refractivity contribution in [3.63, 3.8) is 0 Å². The fourth-order valence-corrected chi connectivity index (χ4v) is 5.52. The number of para-hydroxylation sites is 2. The molecule has 1 aliphatic rings. The van der Waals surface area contributed by atoms with Crippen molar-refractivity contribution in [3.05, 3.63) is 102 Å². The van der Waals surface area contributed by atoms with Gasteiger partial charge in [0.25, 0.3) is 0 Å². The third kappa shape index (κ3) is 5.84. The molecule has 0 bridgehead atoms. The number of pyridine rings is 1. The molecule has 9 heteroatoms. The van der Waals surface area contributed by atoms with Gasteiger partial charge in [-0.1, -0.05) is 47.7 Å². The maximum Gasteiger partial charge on any atom is 0.226 e. The van der Waals surface area contributed by atoms with Crippen LogP contribution in [-0.2, 0) is 4.79 Å². The van der Waals surface area contributed by atoms with Crippen molar-refractivity contribution in [2.75, 3.05) is 19.0 Å². The summed E-state index contributed by atoms with van der Waals surface area (Å²) in [5.74, 6) is 1.24. The molecule has 7 nitrogen and oxygen atoms in total. The zero-order chi connectivity index (χ0) is 26.5. The van der Waals surface area contributed by atoms with Crippen LogP contribution in [0.3, 0.4) is 0 Å². The molecule has 0 spiro atoms.